The predicted octanol–water partition coefficient (Wildman–Crippen LogP) is 4.25. The molecule has 0 aliphatic heterocycles. The lowest BCUT2D eigenvalue weighted by Gasteiger charge is -2.43. The van der Waals surface area contributed by atoms with Gasteiger partial charge in [0.2, 0.25) is 0 Å². The summed E-state index contributed by atoms with van der Waals surface area (Å²) in [4.78, 5) is 12.3. The predicted molar refractivity (Wildman–Crippen MR) is 71.2 cm³/mol. The van der Waals surface area contributed by atoms with E-state index in [1.54, 1.807) is 0 Å². The van der Waals surface area contributed by atoms with E-state index in [0.29, 0.717) is 17.1 Å². The van der Waals surface area contributed by atoms with E-state index in [-0.39, 0.29) is 5.92 Å². The fourth-order valence-electron chi connectivity index (χ4n) is 2.57. The quantitative estimate of drug-likeness (QED) is 0.694. The van der Waals surface area contributed by atoms with Gasteiger partial charge in [-0.05, 0) is 37.2 Å². The summed E-state index contributed by atoms with van der Waals surface area (Å²) in [7, 11) is 0. The Morgan fingerprint density at radius 1 is 1.24 bits per heavy atom. The molecule has 0 bridgehead atoms. The molecule has 2 rings (SSSR count). The van der Waals surface area contributed by atoms with Crippen molar-refractivity contribution in [2.45, 2.75) is 40.5 Å². The molecule has 0 saturated heterocycles. The molecule has 1 saturated carbocycles. The minimum atomic E-state index is 0.265. The molecule has 1 heteroatoms. The highest BCUT2D eigenvalue weighted by atomic mass is 16.1. The Kier molecular flexibility index (Phi) is 3.11. The minimum Gasteiger partial charge on any atom is -0.294 e. The van der Waals surface area contributed by atoms with Gasteiger partial charge in [0.15, 0.2) is 5.78 Å². The molecular weight excluding hydrogens is 208 g/mol. The summed E-state index contributed by atoms with van der Waals surface area (Å²) in [5, 5.41) is 0. The van der Waals surface area contributed by atoms with Gasteiger partial charge in [0.25, 0.3) is 0 Å². The van der Waals surface area contributed by atoms with Gasteiger partial charge >= 0.3 is 0 Å². The summed E-state index contributed by atoms with van der Waals surface area (Å²) in [6.45, 7) is 8.84. The highest BCUT2D eigenvalue weighted by molar-refractivity contribution is 5.98. The Balaban J connectivity index is 2.01. The Hall–Kier alpha value is -1.11. The Morgan fingerprint density at radius 3 is 2.41 bits per heavy atom. The van der Waals surface area contributed by atoms with Gasteiger partial charge < -0.3 is 0 Å². The number of benzene rings is 1. The van der Waals surface area contributed by atoms with E-state index in [2.05, 4.69) is 20.8 Å². The first-order chi connectivity index (χ1) is 7.88. The topological polar surface area (TPSA) is 17.1 Å². The van der Waals surface area contributed by atoms with Gasteiger partial charge in [-0.25, -0.2) is 0 Å². The minimum absolute atomic E-state index is 0.265. The SMILES string of the molecule is Cc1cccc(C(=O)C2CC(C(C)(C)C)C2)c1. The highest BCUT2D eigenvalue weighted by Crippen LogP contribution is 2.46. The number of rotatable bonds is 2. The second-order valence-electron chi connectivity index (χ2n) is 6.47. The first kappa shape index (κ1) is 12.3. The molecule has 1 aliphatic carbocycles. The monoisotopic (exact) mass is 230 g/mol. The molecular formula is C16H22O. The van der Waals surface area contributed by atoms with Crippen molar-refractivity contribution < 1.29 is 4.79 Å². The van der Waals surface area contributed by atoms with Crippen LogP contribution in [-0.2, 0) is 0 Å². The molecule has 1 aromatic rings. The number of Topliss-reactive ketones (excluding diaryl/α,β-unsaturated/α-hetero) is 1. The zero-order valence-electron chi connectivity index (χ0n) is 11.3. The molecule has 92 valence electrons. The Labute approximate surface area is 104 Å². The Bertz CT molecular complexity index is 419. The van der Waals surface area contributed by atoms with E-state index < -0.39 is 0 Å². The molecule has 17 heavy (non-hydrogen) atoms. The summed E-state index contributed by atoms with van der Waals surface area (Å²) >= 11 is 0. The largest absolute Gasteiger partial charge is 0.294 e. The molecule has 1 nitrogen and oxygen atoms in total. The van der Waals surface area contributed by atoms with Crippen molar-refractivity contribution in [3.05, 3.63) is 35.4 Å². The van der Waals surface area contributed by atoms with Gasteiger partial charge in [0.1, 0.15) is 0 Å². The average Bonchev–Trinajstić information content (AvgIpc) is 2.12. The molecule has 0 N–H and O–H groups in total. The summed E-state index contributed by atoms with van der Waals surface area (Å²) in [6, 6.07) is 7.96. The van der Waals surface area contributed by atoms with Crippen LogP contribution in [0.15, 0.2) is 24.3 Å². The summed E-state index contributed by atoms with van der Waals surface area (Å²) in [5.41, 5.74) is 2.41. The van der Waals surface area contributed by atoms with Gasteiger partial charge in [-0.1, -0.05) is 44.5 Å². The van der Waals surface area contributed by atoms with E-state index in [1.807, 2.05) is 31.2 Å². The normalized spacial score (nSPS) is 24.2. The molecule has 0 aromatic heterocycles. The maximum absolute atomic E-state index is 12.3. The van der Waals surface area contributed by atoms with Gasteiger partial charge in [-0.2, -0.15) is 0 Å². The van der Waals surface area contributed by atoms with Gasteiger partial charge in [0.05, 0.1) is 0 Å². The standard InChI is InChI=1S/C16H22O/c1-11-6-5-7-12(8-11)15(17)13-9-14(10-13)16(2,3)4/h5-8,13-14H,9-10H2,1-4H3. The third-order valence-electron chi connectivity index (χ3n) is 4.04. The fourth-order valence-corrected chi connectivity index (χ4v) is 2.57. The van der Waals surface area contributed by atoms with Crippen LogP contribution in [0.4, 0.5) is 0 Å². The van der Waals surface area contributed by atoms with Crippen molar-refractivity contribution in [2.24, 2.45) is 17.3 Å². The number of hydrogen-bond acceptors (Lipinski definition) is 1. The van der Waals surface area contributed by atoms with Crippen molar-refractivity contribution in [1.29, 1.82) is 0 Å². The summed E-state index contributed by atoms with van der Waals surface area (Å²) < 4.78 is 0. The second kappa shape index (κ2) is 4.29. The third kappa shape index (κ3) is 2.59. The molecule has 0 radical (unpaired) electrons. The fraction of sp³-hybridized carbons (Fsp3) is 0.562. The van der Waals surface area contributed by atoms with Gasteiger partial charge in [-0.15, -0.1) is 0 Å². The number of carbonyl (C=O) groups is 1. The highest BCUT2D eigenvalue weighted by Gasteiger charge is 2.40. The van der Waals surface area contributed by atoms with E-state index in [1.165, 1.54) is 5.56 Å². The van der Waals surface area contributed by atoms with E-state index in [4.69, 9.17) is 0 Å². The first-order valence-electron chi connectivity index (χ1n) is 6.49. The maximum Gasteiger partial charge on any atom is 0.165 e. The number of hydrogen-bond donors (Lipinski definition) is 0. The molecule has 1 aliphatic rings. The first-order valence-corrected chi connectivity index (χ1v) is 6.49. The lowest BCUT2D eigenvalue weighted by Crippen LogP contribution is -2.37. The van der Waals surface area contributed by atoms with Crippen molar-refractivity contribution in [2.75, 3.05) is 0 Å². The van der Waals surface area contributed by atoms with E-state index in [0.717, 1.165) is 18.4 Å². The van der Waals surface area contributed by atoms with Crippen molar-refractivity contribution in [3.8, 4) is 0 Å². The van der Waals surface area contributed by atoms with E-state index >= 15 is 0 Å². The molecule has 0 unspecified atom stereocenters. The zero-order chi connectivity index (χ0) is 12.6. The van der Waals surface area contributed by atoms with Crippen molar-refractivity contribution in [1.82, 2.24) is 0 Å². The van der Waals surface area contributed by atoms with Crippen LogP contribution in [0.2, 0.25) is 0 Å². The zero-order valence-corrected chi connectivity index (χ0v) is 11.3. The van der Waals surface area contributed by atoms with Crippen LogP contribution in [-0.4, -0.2) is 5.78 Å². The number of carbonyl (C=O) groups excluding carboxylic acids is 1. The Morgan fingerprint density at radius 2 is 1.88 bits per heavy atom. The van der Waals surface area contributed by atoms with Crippen LogP contribution in [0.5, 0.6) is 0 Å². The molecule has 0 amide bonds. The molecule has 0 spiro atoms. The second-order valence-corrected chi connectivity index (χ2v) is 6.47. The number of ketones is 1. The van der Waals surface area contributed by atoms with Crippen LogP contribution in [0.1, 0.15) is 49.5 Å². The van der Waals surface area contributed by atoms with Crippen LogP contribution in [0.3, 0.4) is 0 Å². The van der Waals surface area contributed by atoms with Gasteiger partial charge in [0, 0.05) is 11.5 Å². The van der Waals surface area contributed by atoms with Crippen molar-refractivity contribution >= 4 is 5.78 Å². The summed E-state index contributed by atoms with van der Waals surface area (Å²) in [6.07, 6.45) is 2.13. The van der Waals surface area contributed by atoms with Crippen LogP contribution >= 0.6 is 0 Å². The van der Waals surface area contributed by atoms with Crippen LogP contribution in [0.25, 0.3) is 0 Å². The van der Waals surface area contributed by atoms with Crippen LogP contribution < -0.4 is 0 Å². The average molecular weight is 230 g/mol. The lowest BCUT2D eigenvalue weighted by molar-refractivity contribution is 0.0544. The molecule has 1 aromatic carbocycles. The maximum atomic E-state index is 12.3. The molecule has 1 fully saturated rings. The third-order valence-corrected chi connectivity index (χ3v) is 4.04. The van der Waals surface area contributed by atoms with Crippen molar-refractivity contribution in [3.63, 3.8) is 0 Å². The molecule has 0 heterocycles. The lowest BCUT2D eigenvalue weighted by atomic mass is 9.61. The van der Waals surface area contributed by atoms with Gasteiger partial charge in [-0.3, -0.25) is 4.79 Å². The van der Waals surface area contributed by atoms with E-state index in [9.17, 15) is 4.79 Å². The van der Waals surface area contributed by atoms with Crippen LogP contribution in [0, 0.1) is 24.2 Å². The summed E-state index contributed by atoms with van der Waals surface area (Å²) in [5.74, 6) is 1.32. The molecule has 0 atom stereocenters. The smallest absolute Gasteiger partial charge is 0.165 e. The number of aryl methyl sites for hydroxylation is 1.